The number of ether oxygens (including phenoxy) is 1. The van der Waals surface area contributed by atoms with Gasteiger partial charge in [-0.05, 0) is 50.5 Å². The summed E-state index contributed by atoms with van der Waals surface area (Å²) in [5.41, 5.74) is 7.00. The molecule has 0 radical (unpaired) electrons. The van der Waals surface area contributed by atoms with Crippen molar-refractivity contribution in [1.82, 2.24) is 9.78 Å². The fourth-order valence-corrected chi connectivity index (χ4v) is 2.95. The zero-order valence-corrected chi connectivity index (χ0v) is 17.3. The molecule has 0 atom stereocenters. The lowest BCUT2D eigenvalue weighted by Crippen LogP contribution is -2.26. The zero-order chi connectivity index (χ0) is 20.7. The van der Waals surface area contributed by atoms with Crippen LogP contribution in [0.25, 0.3) is 0 Å². The number of nitrogens with zero attached hydrogens (tertiary/aromatic N) is 2. The first-order valence-electron chi connectivity index (χ1n) is 9.41. The molecule has 1 amide bonds. The molecule has 0 aliphatic heterocycles. The summed E-state index contributed by atoms with van der Waals surface area (Å²) >= 11 is 6.14. The number of halogens is 1. The Bertz CT molecular complexity index is 880. The number of aryl methyl sites for hydroxylation is 1. The molecule has 8 heteroatoms. The molecule has 3 N–H and O–H groups in total. The molecule has 1 aromatic carbocycles. The van der Waals surface area contributed by atoms with Gasteiger partial charge in [0.1, 0.15) is 10.8 Å². The van der Waals surface area contributed by atoms with Crippen molar-refractivity contribution in [1.29, 1.82) is 0 Å². The van der Waals surface area contributed by atoms with E-state index < -0.39 is 5.91 Å². The second kappa shape index (κ2) is 10.1. The lowest BCUT2D eigenvalue weighted by atomic mass is 10.1. The number of anilines is 1. The Kier molecular flexibility index (Phi) is 7.87. The van der Waals surface area contributed by atoms with Crippen LogP contribution in [0.4, 0.5) is 5.69 Å². The molecule has 7 nitrogen and oxygen atoms in total. The molecular formula is C20H27ClN4O3. The quantitative estimate of drug-likeness (QED) is 0.589. The highest BCUT2D eigenvalue weighted by Crippen LogP contribution is 2.22. The Labute approximate surface area is 169 Å². The molecule has 0 unspecified atom stereocenters. The van der Waals surface area contributed by atoms with E-state index in [0.29, 0.717) is 30.8 Å². The van der Waals surface area contributed by atoms with Crippen molar-refractivity contribution in [2.75, 3.05) is 18.5 Å². The van der Waals surface area contributed by atoms with E-state index in [4.69, 9.17) is 22.1 Å². The van der Waals surface area contributed by atoms with Crippen LogP contribution < -0.4 is 21.3 Å². The van der Waals surface area contributed by atoms with Gasteiger partial charge >= 0.3 is 0 Å². The summed E-state index contributed by atoms with van der Waals surface area (Å²) < 4.78 is 7.21. The van der Waals surface area contributed by atoms with Crippen LogP contribution in [0.3, 0.4) is 0 Å². The van der Waals surface area contributed by atoms with Gasteiger partial charge in [-0.1, -0.05) is 24.9 Å². The molecule has 0 aliphatic rings. The third-order valence-electron chi connectivity index (χ3n) is 4.19. The number of rotatable bonds is 10. The van der Waals surface area contributed by atoms with E-state index in [-0.39, 0.29) is 16.6 Å². The molecule has 28 heavy (non-hydrogen) atoms. The molecule has 1 heterocycles. The minimum absolute atomic E-state index is 0.0503. The van der Waals surface area contributed by atoms with Gasteiger partial charge in [0.2, 0.25) is 5.91 Å². The fraction of sp³-hybridized carbons (Fsp3) is 0.450. The van der Waals surface area contributed by atoms with Crippen molar-refractivity contribution in [3.63, 3.8) is 0 Å². The van der Waals surface area contributed by atoms with Gasteiger partial charge in [0.25, 0.3) is 5.56 Å². The Morgan fingerprint density at radius 3 is 2.79 bits per heavy atom. The smallest absolute Gasteiger partial charge is 0.287 e. The minimum Gasteiger partial charge on any atom is -0.493 e. The van der Waals surface area contributed by atoms with Gasteiger partial charge in [-0.25, -0.2) is 4.68 Å². The normalized spacial score (nSPS) is 10.9. The molecule has 152 valence electrons. The monoisotopic (exact) mass is 406 g/mol. The van der Waals surface area contributed by atoms with Crippen molar-refractivity contribution in [3.05, 3.63) is 50.9 Å². The maximum Gasteiger partial charge on any atom is 0.287 e. The second-order valence-electron chi connectivity index (χ2n) is 6.78. The predicted molar refractivity (Wildman–Crippen MR) is 111 cm³/mol. The highest BCUT2D eigenvalue weighted by atomic mass is 35.5. The summed E-state index contributed by atoms with van der Waals surface area (Å²) in [5.74, 6) is 0.309. The van der Waals surface area contributed by atoms with Crippen LogP contribution in [0.1, 0.15) is 55.6 Å². The average Bonchev–Trinajstić information content (AvgIpc) is 2.65. The second-order valence-corrected chi connectivity index (χ2v) is 7.16. The van der Waals surface area contributed by atoms with E-state index in [0.717, 1.165) is 24.2 Å². The van der Waals surface area contributed by atoms with E-state index in [1.807, 2.05) is 13.8 Å². The van der Waals surface area contributed by atoms with E-state index in [2.05, 4.69) is 17.3 Å². The summed E-state index contributed by atoms with van der Waals surface area (Å²) in [6, 6.07) is 5.19. The highest BCUT2D eigenvalue weighted by Gasteiger charge is 2.11. The number of carbonyl (C=O) groups excluding carboxylic acids is 1. The van der Waals surface area contributed by atoms with Crippen LogP contribution in [-0.4, -0.2) is 28.8 Å². The third kappa shape index (κ3) is 5.48. The standard InChI is InChI=1S/C20H27ClN4O3/c1-4-6-14-11-15(19(22)26)7-8-17(14)28-10-5-9-23-16-12-24-25(13(2)3)20(27)18(16)21/h7-8,11-13,23H,4-6,9-10H2,1-3H3,(H2,22,26). The average molecular weight is 407 g/mol. The number of aromatic nitrogens is 2. The summed E-state index contributed by atoms with van der Waals surface area (Å²) in [6.45, 7) is 6.87. The van der Waals surface area contributed by atoms with Gasteiger partial charge in [-0.3, -0.25) is 9.59 Å². The van der Waals surface area contributed by atoms with Crippen LogP contribution in [0.2, 0.25) is 5.02 Å². The van der Waals surface area contributed by atoms with Gasteiger partial charge in [-0.15, -0.1) is 0 Å². The van der Waals surface area contributed by atoms with Crippen LogP contribution in [0.15, 0.2) is 29.2 Å². The van der Waals surface area contributed by atoms with E-state index >= 15 is 0 Å². The van der Waals surface area contributed by atoms with Gasteiger partial charge < -0.3 is 15.8 Å². The van der Waals surface area contributed by atoms with Crippen molar-refractivity contribution in [2.45, 2.75) is 46.1 Å². The van der Waals surface area contributed by atoms with Crippen molar-refractivity contribution < 1.29 is 9.53 Å². The number of amides is 1. The van der Waals surface area contributed by atoms with Gasteiger partial charge in [0, 0.05) is 12.1 Å². The molecule has 2 aromatic rings. The van der Waals surface area contributed by atoms with Crippen molar-refractivity contribution in [2.24, 2.45) is 5.73 Å². The molecule has 1 aromatic heterocycles. The van der Waals surface area contributed by atoms with Gasteiger partial charge in [-0.2, -0.15) is 5.10 Å². The van der Waals surface area contributed by atoms with Gasteiger partial charge in [0.15, 0.2) is 0 Å². The van der Waals surface area contributed by atoms with Gasteiger partial charge in [0.05, 0.1) is 24.5 Å². The molecule has 0 saturated carbocycles. The Hall–Kier alpha value is -2.54. The number of hydrogen-bond donors (Lipinski definition) is 2. The number of nitrogens with two attached hydrogens (primary N) is 1. The van der Waals surface area contributed by atoms with E-state index in [9.17, 15) is 9.59 Å². The van der Waals surface area contributed by atoms with Crippen LogP contribution in [0, 0.1) is 0 Å². The fourth-order valence-electron chi connectivity index (χ4n) is 2.75. The zero-order valence-electron chi connectivity index (χ0n) is 16.5. The number of hydrogen-bond acceptors (Lipinski definition) is 5. The number of benzene rings is 1. The lowest BCUT2D eigenvalue weighted by molar-refractivity contribution is 0.1000. The molecule has 0 saturated heterocycles. The Balaban J connectivity index is 1.91. The SMILES string of the molecule is CCCc1cc(C(N)=O)ccc1OCCCNc1cnn(C(C)C)c(=O)c1Cl. The first-order valence-corrected chi connectivity index (χ1v) is 9.79. The highest BCUT2D eigenvalue weighted by molar-refractivity contribution is 6.32. The van der Waals surface area contributed by atoms with Crippen molar-refractivity contribution >= 4 is 23.2 Å². The largest absolute Gasteiger partial charge is 0.493 e. The molecule has 2 rings (SSSR count). The lowest BCUT2D eigenvalue weighted by Gasteiger charge is -2.14. The first-order chi connectivity index (χ1) is 13.3. The van der Waals surface area contributed by atoms with Crippen LogP contribution >= 0.6 is 11.6 Å². The summed E-state index contributed by atoms with van der Waals surface area (Å²) in [7, 11) is 0. The Morgan fingerprint density at radius 2 is 2.14 bits per heavy atom. The first kappa shape index (κ1) is 21.8. The summed E-state index contributed by atoms with van der Waals surface area (Å²) in [6.07, 6.45) is 4.01. The number of primary amides is 1. The molecule has 0 spiro atoms. The number of nitrogens with one attached hydrogen (secondary N) is 1. The minimum atomic E-state index is -0.446. The van der Waals surface area contributed by atoms with Crippen molar-refractivity contribution in [3.8, 4) is 5.75 Å². The maximum atomic E-state index is 12.2. The molecule has 0 fully saturated rings. The van der Waals surface area contributed by atoms with E-state index in [1.54, 1.807) is 24.4 Å². The van der Waals surface area contributed by atoms with E-state index in [1.165, 1.54) is 4.68 Å². The van der Waals surface area contributed by atoms with Crippen LogP contribution in [0.5, 0.6) is 5.75 Å². The number of carbonyl (C=O) groups is 1. The topological polar surface area (TPSA) is 99.2 Å². The summed E-state index contributed by atoms with van der Waals surface area (Å²) in [4.78, 5) is 23.5. The maximum absolute atomic E-state index is 12.2. The summed E-state index contributed by atoms with van der Waals surface area (Å²) in [5, 5.41) is 7.38. The molecule has 0 aliphatic carbocycles. The van der Waals surface area contributed by atoms with Crippen LogP contribution in [-0.2, 0) is 6.42 Å². The molecule has 0 bridgehead atoms. The predicted octanol–water partition coefficient (Wildman–Crippen LogP) is 3.41. The molecular weight excluding hydrogens is 380 g/mol. The third-order valence-corrected chi connectivity index (χ3v) is 4.56. The Morgan fingerprint density at radius 1 is 1.39 bits per heavy atom.